The van der Waals surface area contributed by atoms with Crippen molar-refractivity contribution in [2.75, 3.05) is 7.05 Å². The third kappa shape index (κ3) is 2.03. The van der Waals surface area contributed by atoms with Crippen LogP contribution in [0.3, 0.4) is 0 Å². The third-order valence-electron chi connectivity index (χ3n) is 2.59. The topological polar surface area (TPSA) is 3.24 Å². The van der Waals surface area contributed by atoms with E-state index in [1.54, 1.807) is 0 Å². The van der Waals surface area contributed by atoms with Gasteiger partial charge in [-0.15, -0.1) is 0 Å². The first-order valence-corrected chi connectivity index (χ1v) is 5.98. The molecule has 0 aromatic heterocycles. The Bertz CT molecular complexity index is 361. The van der Waals surface area contributed by atoms with Crippen LogP contribution >= 0.6 is 0 Å². The molecule has 0 saturated heterocycles. The van der Waals surface area contributed by atoms with E-state index in [0.717, 1.165) is 12.8 Å². The van der Waals surface area contributed by atoms with E-state index in [1.807, 2.05) is 0 Å². The van der Waals surface area contributed by atoms with E-state index >= 15 is 0 Å². The maximum absolute atomic E-state index is 2.68. The molecule has 0 unspecified atom stereocenters. The van der Waals surface area contributed by atoms with Crippen molar-refractivity contribution < 1.29 is 34.0 Å². The molecule has 1 nitrogen and oxygen atoms in total. The number of benzene rings is 1. The standard InChI is InChI=1S/C11H11N.2V/c1-12-8-6-10-4-2-3-5-11(10)7-9-12;;/h2-5H,6-7H2,1H3;;. The Hall–Kier alpha value is 0.0888. The predicted octanol–water partition coefficient (Wildman–Crippen LogP) is 1.07. The molecule has 1 aliphatic heterocycles. The average molecular weight is 259 g/mol. The zero-order valence-corrected chi connectivity index (χ0v) is 10.9. The van der Waals surface area contributed by atoms with Crippen molar-refractivity contribution in [1.82, 2.24) is 4.90 Å². The molecule has 0 spiro atoms. The number of fused-ring (bicyclic) bond motifs is 1. The zero-order valence-electron chi connectivity index (χ0n) is 8.07. The van der Waals surface area contributed by atoms with Crippen LogP contribution in [0.5, 0.6) is 0 Å². The first-order chi connectivity index (χ1) is 6.68. The van der Waals surface area contributed by atoms with Crippen molar-refractivity contribution in [3.63, 3.8) is 0 Å². The monoisotopic (exact) mass is 259 g/mol. The first kappa shape index (κ1) is 10.6. The zero-order chi connectivity index (χ0) is 10.1. The van der Waals surface area contributed by atoms with Gasteiger partial charge in [-0.2, -0.15) is 0 Å². The van der Waals surface area contributed by atoms with Crippen LogP contribution in [0.4, 0.5) is 0 Å². The van der Waals surface area contributed by atoms with Gasteiger partial charge in [0.2, 0.25) is 0 Å². The summed E-state index contributed by atoms with van der Waals surface area (Å²) in [5.41, 5.74) is 2.91. The van der Waals surface area contributed by atoms with E-state index < -0.39 is 0 Å². The molecule has 70 valence electrons. The van der Waals surface area contributed by atoms with Crippen molar-refractivity contribution >= 4 is 8.70 Å². The summed E-state index contributed by atoms with van der Waals surface area (Å²) in [6, 6.07) is 8.69. The summed E-state index contributed by atoms with van der Waals surface area (Å²) in [7, 11) is 2.13. The minimum absolute atomic E-state index is 1.05. The summed E-state index contributed by atoms with van der Waals surface area (Å²) >= 11 is 5.36. The van der Waals surface area contributed by atoms with E-state index in [2.05, 4.69) is 70.2 Å². The van der Waals surface area contributed by atoms with E-state index in [0.29, 0.717) is 0 Å². The summed E-state index contributed by atoms with van der Waals surface area (Å²) in [4.78, 5) is 2.26. The van der Waals surface area contributed by atoms with Crippen LogP contribution in [0.15, 0.2) is 24.3 Å². The quantitative estimate of drug-likeness (QED) is 0.673. The van der Waals surface area contributed by atoms with Crippen molar-refractivity contribution in [2.45, 2.75) is 12.8 Å². The molecule has 3 heteroatoms. The second kappa shape index (κ2) is 4.30. The number of hydrogen-bond donors (Lipinski definition) is 0. The number of hydrogen-bond acceptors (Lipinski definition) is 1. The van der Waals surface area contributed by atoms with Gasteiger partial charge in [0.15, 0.2) is 0 Å². The summed E-state index contributed by atoms with van der Waals surface area (Å²) in [6.45, 7) is 0. The van der Waals surface area contributed by atoms with Crippen LogP contribution in [0, 0.1) is 0 Å². The SMILES string of the molecule is CN1[C](=[V])Cc2ccccc2C[C]1=[V]. The van der Waals surface area contributed by atoms with Crippen molar-refractivity contribution in [2.24, 2.45) is 0 Å². The maximum atomic E-state index is 2.68. The molecule has 0 amide bonds. The Balaban J connectivity index is 2.44. The third-order valence-corrected chi connectivity index (χ3v) is 4.02. The molecule has 0 N–H and O–H groups in total. The second-order valence-electron chi connectivity index (χ2n) is 3.51. The van der Waals surface area contributed by atoms with Gasteiger partial charge >= 0.3 is 103 Å². The summed E-state index contributed by atoms with van der Waals surface area (Å²) in [5.74, 6) is 0. The van der Waals surface area contributed by atoms with Gasteiger partial charge in [0.05, 0.1) is 0 Å². The number of nitrogens with zero attached hydrogens (tertiary/aromatic N) is 1. The molecule has 0 atom stereocenters. The molecule has 1 aromatic rings. The van der Waals surface area contributed by atoms with E-state index in [-0.39, 0.29) is 0 Å². The van der Waals surface area contributed by atoms with Crippen molar-refractivity contribution in [1.29, 1.82) is 0 Å². The summed E-state index contributed by atoms with van der Waals surface area (Å²) < 4.78 is 2.72. The molecule has 14 heavy (non-hydrogen) atoms. The molecule has 1 aromatic carbocycles. The van der Waals surface area contributed by atoms with Gasteiger partial charge in [0, 0.05) is 0 Å². The molecule has 0 fully saturated rings. The van der Waals surface area contributed by atoms with Gasteiger partial charge in [0.25, 0.3) is 0 Å². The molecule has 1 aliphatic rings. The fraction of sp³-hybridized carbons (Fsp3) is 0.273. The summed E-state index contributed by atoms with van der Waals surface area (Å²) in [6.07, 6.45) is 2.10. The van der Waals surface area contributed by atoms with Gasteiger partial charge < -0.3 is 0 Å². The fourth-order valence-corrected chi connectivity index (χ4v) is 2.74. The second-order valence-corrected chi connectivity index (χ2v) is 5.13. The van der Waals surface area contributed by atoms with Gasteiger partial charge in [0.1, 0.15) is 0 Å². The van der Waals surface area contributed by atoms with Crippen molar-refractivity contribution in [3.05, 3.63) is 35.4 Å². The predicted molar refractivity (Wildman–Crippen MR) is 51.6 cm³/mol. The molecule has 1 heterocycles. The van der Waals surface area contributed by atoms with E-state index in [1.165, 1.54) is 19.8 Å². The molecular weight excluding hydrogens is 248 g/mol. The fourth-order valence-electron chi connectivity index (χ4n) is 1.63. The van der Waals surface area contributed by atoms with Crippen LogP contribution in [-0.2, 0) is 46.8 Å². The Labute approximate surface area is 102 Å². The molecule has 0 bridgehead atoms. The van der Waals surface area contributed by atoms with Crippen molar-refractivity contribution in [3.8, 4) is 0 Å². The van der Waals surface area contributed by atoms with Crippen LogP contribution in [0.2, 0.25) is 0 Å². The van der Waals surface area contributed by atoms with Gasteiger partial charge in [-0.25, -0.2) is 0 Å². The Morgan fingerprint density at radius 1 is 1.00 bits per heavy atom. The van der Waals surface area contributed by atoms with Crippen LogP contribution < -0.4 is 0 Å². The normalized spacial score (nSPS) is 17.6. The van der Waals surface area contributed by atoms with E-state index in [4.69, 9.17) is 0 Å². The Kier molecular flexibility index (Phi) is 3.26. The summed E-state index contributed by atoms with van der Waals surface area (Å²) in [5, 5.41) is 0. The molecule has 0 radical (unpaired) electrons. The van der Waals surface area contributed by atoms with Crippen LogP contribution in [-0.4, -0.2) is 20.6 Å². The molecule has 2 rings (SSSR count). The van der Waals surface area contributed by atoms with Crippen LogP contribution in [0.1, 0.15) is 11.1 Å². The van der Waals surface area contributed by atoms with Crippen LogP contribution in [0.25, 0.3) is 0 Å². The Morgan fingerprint density at radius 2 is 1.43 bits per heavy atom. The molecule has 0 saturated carbocycles. The van der Waals surface area contributed by atoms with Gasteiger partial charge in [-0.1, -0.05) is 0 Å². The molecule has 0 aliphatic carbocycles. The van der Waals surface area contributed by atoms with Gasteiger partial charge in [-0.3, -0.25) is 0 Å². The van der Waals surface area contributed by atoms with Gasteiger partial charge in [-0.05, 0) is 0 Å². The first-order valence-electron chi connectivity index (χ1n) is 4.58. The number of likely N-dealkylation sites (N-methyl/N-ethyl adjacent to an activating group) is 1. The number of rotatable bonds is 0. The minimum atomic E-state index is 1.05. The average Bonchev–Trinajstić information content (AvgIpc) is 2.28. The van der Waals surface area contributed by atoms with E-state index in [9.17, 15) is 0 Å². The Morgan fingerprint density at radius 3 is 1.86 bits per heavy atom. The molecular formula is C11H11NV2.